The van der Waals surface area contributed by atoms with E-state index in [4.69, 9.17) is 15.6 Å². The van der Waals surface area contributed by atoms with Crippen LogP contribution in [0.15, 0.2) is 18.2 Å². The summed E-state index contributed by atoms with van der Waals surface area (Å²) in [6, 6.07) is 4.91. The molecular formula is C14H20N2O3. The highest BCUT2D eigenvalue weighted by atomic mass is 16.5. The first kappa shape index (κ1) is 13.7. The second kappa shape index (κ2) is 5.93. The van der Waals surface area contributed by atoms with Gasteiger partial charge in [-0.3, -0.25) is 0 Å². The van der Waals surface area contributed by atoms with Crippen LogP contribution < -0.4 is 11.1 Å². The molecule has 1 fully saturated rings. The molecule has 2 rings (SSSR count). The molecule has 1 aromatic carbocycles. The third-order valence-electron chi connectivity index (χ3n) is 3.62. The van der Waals surface area contributed by atoms with Crippen molar-refractivity contribution < 1.29 is 14.6 Å². The maximum Gasteiger partial charge on any atom is 0.337 e. The first-order chi connectivity index (χ1) is 9.13. The number of carbonyl (C=O) groups is 1. The topological polar surface area (TPSA) is 84.6 Å². The zero-order valence-corrected chi connectivity index (χ0v) is 11.1. The number of aromatic carboxylic acids is 1. The molecule has 0 amide bonds. The summed E-state index contributed by atoms with van der Waals surface area (Å²) in [5.41, 5.74) is 7.04. The minimum Gasteiger partial charge on any atom is -0.478 e. The van der Waals surface area contributed by atoms with Crippen LogP contribution in [0.5, 0.6) is 0 Å². The van der Waals surface area contributed by atoms with Crippen LogP contribution in [0, 0.1) is 5.92 Å². The third kappa shape index (κ3) is 2.98. The number of anilines is 2. The quantitative estimate of drug-likeness (QED) is 0.710. The lowest BCUT2D eigenvalue weighted by Crippen LogP contribution is -2.23. The first-order valence-electron chi connectivity index (χ1n) is 6.60. The monoisotopic (exact) mass is 264 g/mol. The predicted molar refractivity (Wildman–Crippen MR) is 74.4 cm³/mol. The van der Waals surface area contributed by atoms with E-state index in [-0.39, 0.29) is 11.7 Å². The zero-order chi connectivity index (χ0) is 13.8. The first-order valence-corrected chi connectivity index (χ1v) is 6.60. The van der Waals surface area contributed by atoms with Gasteiger partial charge in [-0.25, -0.2) is 4.79 Å². The van der Waals surface area contributed by atoms with E-state index in [2.05, 4.69) is 12.2 Å². The molecule has 2 unspecified atom stereocenters. The number of carboxylic acid groups (broad SMARTS) is 1. The maximum absolute atomic E-state index is 11.2. The number of hydrogen-bond donors (Lipinski definition) is 3. The van der Waals surface area contributed by atoms with Crippen LogP contribution in [0.3, 0.4) is 0 Å². The minimum atomic E-state index is -0.968. The molecule has 1 aliphatic heterocycles. The molecule has 19 heavy (non-hydrogen) atoms. The normalized spacial score (nSPS) is 22.4. The molecule has 0 saturated carbocycles. The van der Waals surface area contributed by atoms with Gasteiger partial charge in [0.15, 0.2) is 0 Å². The van der Waals surface area contributed by atoms with Crippen molar-refractivity contribution in [2.45, 2.75) is 25.9 Å². The van der Waals surface area contributed by atoms with Gasteiger partial charge in [-0.1, -0.05) is 13.0 Å². The molecule has 5 heteroatoms. The van der Waals surface area contributed by atoms with Gasteiger partial charge in [0.2, 0.25) is 0 Å². The highest BCUT2D eigenvalue weighted by Gasteiger charge is 2.26. The van der Waals surface area contributed by atoms with Crippen LogP contribution in [0.25, 0.3) is 0 Å². The largest absolute Gasteiger partial charge is 0.478 e. The molecule has 5 nitrogen and oxygen atoms in total. The Balaban J connectivity index is 2.09. The van der Waals surface area contributed by atoms with Gasteiger partial charge >= 0.3 is 5.97 Å². The SMILES string of the molecule is CCC1OCCC1CNc1c(N)cccc1C(=O)O. The second-order valence-electron chi connectivity index (χ2n) is 4.82. The molecular weight excluding hydrogens is 244 g/mol. The number of nitrogen functional groups attached to an aromatic ring is 1. The fourth-order valence-electron chi connectivity index (χ4n) is 2.56. The summed E-state index contributed by atoms with van der Waals surface area (Å²) in [6.45, 7) is 3.57. The molecule has 0 radical (unpaired) electrons. The number of ether oxygens (including phenoxy) is 1. The number of nitrogens with one attached hydrogen (secondary N) is 1. The molecule has 2 atom stereocenters. The Morgan fingerprint density at radius 2 is 2.37 bits per heavy atom. The van der Waals surface area contributed by atoms with Gasteiger partial charge in [-0.15, -0.1) is 0 Å². The molecule has 1 heterocycles. The fourth-order valence-corrected chi connectivity index (χ4v) is 2.56. The predicted octanol–water partition coefficient (Wildman–Crippen LogP) is 2.19. The van der Waals surface area contributed by atoms with Crippen LogP contribution in [0.4, 0.5) is 11.4 Å². The van der Waals surface area contributed by atoms with Gasteiger partial charge < -0.3 is 20.9 Å². The standard InChI is InChI=1S/C14H20N2O3/c1-2-12-9(6-7-19-12)8-16-13-10(14(17)18)4-3-5-11(13)15/h3-5,9,12,16H,2,6-8,15H2,1H3,(H,17,18). The average molecular weight is 264 g/mol. The third-order valence-corrected chi connectivity index (χ3v) is 3.62. The van der Waals surface area contributed by atoms with Crippen LogP contribution >= 0.6 is 0 Å². The Kier molecular flexibility index (Phi) is 4.27. The van der Waals surface area contributed by atoms with Gasteiger partial charge in [0.05, 0.1) is 23.0 Å². The van der Waals surface area contributed by atoms with E-state index in [0.717, 1.165) is 19.4 Å². The summed E-state index contributed by atoms with van der Waals surface area (Å²) in [5, 5.41) is 12.3. The zero-order valence-electron chi connectivity index (χ0n) is 11.1. The average Bonchev–Trinajstić information content (AvgIpc) is 2.84. The van der Waals surface area contributed by atoms with E-state index in [1.807, 2.05) is 0 Å². The number of carboxylic acids is 1. The minimum absolute atomic E-state index is 0.215. The van der Waals surface area contributed by atoms with Crippen molar-refractivity contribution in [2.24, 2.45) is 5.92 Å². The van der Waals surface area contributed by atoms with Gasteiger partial charge in [0.1, 0.15) is 0 Å². The molecule has 104 valence electrons. The Bertz CT molecular complexity index is 462. The van der Waals surface area contributed by atoms with Crippen LogP contribution in [-0.4, -0.2) is 30.3 Å². The van der Waals surface area contributed by atoms with Crippen molar-refractivity contribution in [2.75, 3.05) is 24.2 Å². The molecule has 1 aliphatic rings. The summed E-state index contributed by atoms with van der Waals surface area (Å²) in [6.07, 6.45) is 2.23. The molecule has 1 saturated heterocycles. The van der Waals surface area contributed by atoms with E-state index in [1.54, 1.807) is 18.2 Å². The summed E-state index contributed by atoms with van der Waals surface area (Å²) in [4.78, 5) is 11.2. The van der Waals surface area contributed by atoms with Gasteiger partial charge in [0.25, 0.3) is 0 Å². The number of nitrogens with two attached hydrogens (primary N) is 1. The summed E-state index contributed by atoms with van der Waals surface area (Å²) in [7, 11) is 0. The van der Waals surface area contributed by atoms with Crippen molar-refractivity contribution in [3.05, 3.63) is 23.8 Å². The molecule has 4 N–H and O–H groups in total. The second-order valence-corrected chi connectivity index (χ2v) is 4.82. The highest BCUT2D eigenvalue weighted by Crippen LogP contribution is 2.27. The lowest BCUT2D eigenvalue weighted by atomic mass is 9.99. The molecule has 1 aromatic rings. The van der Waals surface area contributed by atoms with Gasteiger partial charge in [0, 0.05) is 19.1 Å². The number of hydrogen-bond acceptors (Lipinski definition) is 4. The van der Waals surface area contributed by atoms with Crippen molar-refractivity contribution in [1.29, 1.82) is 0 Å². The Morgan fingerprint density at radius 3 is 3.05 bits per heavy atom. The van der Waals surface area contributed by atoms with E-state index < -0.39 is 5.97 Å². The highest BCUT2D eigenvalue weighted by molar-refractivity contribution is 5.97. The van der Waals surface area contributed by atoms with Crippen molar-refractivity contribution in [3.8, 4) is 0 Å². The molecule has 0 spiro atoms. The van der Waals surface area contributed by atoms with E-state index >= 15 is 0 Å². The Hall–Kier alpha value is -1.75. The molecule has 0 aliphatic carbocycles. The van der Waals surface area contributed by atoms with E-state index in [0.29, 0.717) is 23.8 Å². The Labute approximate surface area is 112 Å². The number of para-hydroxylation sites is 1. The van der Waals surface area contributed by atoms with E-state index in [9.17, 15) is 4.79 Å². The van der Waals surface area contributed by atoms with Gasteiger partial charge in [-0.05, 0) is 25.0 Å². The molecule has 0 aromatic heterocycles. The Morgan fingerprint density at radius 1 is 1.58 bits per heavy atom. The lowest BCUT2D eigenvalue weighted by molar-refractivity contribution is 0.0698. The van der Waals surface area contributed by atoms with Crippen LogP contribution in [0.2, 0.25) is 0 Å². The van der Waals surface area contributed by atoms with Gasteiger partial charge in [-0.2, -0.15) is 0 Å². The van der Waals surface area contributed by atoms with Crippen LogP contribution in [-0.2, 0) is 4.74 Å². The lowest BCUT2D eigenvalue weighted by Gasteiger charge is -2.19. The van der Waals surface area contributed by atoms with Crippen molar-refractivity contribution >= 4 is 17.3 Å². The van der Waals surface area contributed by atoms with Crippen LogP contribution in [0.1, 0.15) is 30.1 Å². The van der Waals surface area contributed by atoms with E-state index in [1.165, 1.54) is 0 Å². The summed E-state index contributed by atoms with van der Waals surface area (Å²) >= 11 is 0. The number of benzene rings is 1. The smallest absolute Gasteiger partial charge is 0.337 e. The maximum atomic E-state index is 11.2. The fraction of sp³-hybridized carbons (Fsp3) is 0.500. The number of rotatable bonds is 5. The van der Waals surface area contributed by atoms with Crippen molar-refractivity contribution in [1.82, 2.24) is 0 Å². The summed E-state index contributed by atoms with van der Waals surface area (Å²) < 4.78 is 5.62. The molecule has 0 bridgehead atoms. The van der Waals surface area contributed by atoms with Crippen molar-refractivity contribution in [3.63, 3.8) is 0 Å². The summed E-state index contributed by atoms with van der Waals surface area (Å²) in [5.74, 6) is -0.559.